The molecule has 0 amide bonds. The smallest absolute Gasteiger partial charge is 0.284 e. The van der Waals surface area contributed by atoms with E-state index in [1.54, 1.807) is 0 Å². The predicted molar refractivity (Wildman–Crippen MR) is 197 cm³/mol. The molecule has 0 N–H and O–H groups in total. The zero-order valence-corrected chi connectivity index (χ0v) is 29.7. The second-order valence-electron chi connectivity index (χ2n) is 11.3. The third kappa shape index (κ3) is 38.1. The minimum absolute atomic E-state index is 0.115. The van der Waals surface area contributed by atoms with Crippen LogP contribution in [0.5, 0.6) is 0 Å². The van der Waals surface area contributed by atoms with E-state index in [0.717, 1.165) is 64.2 Å². The molecule has 0 aliphatic rings. The van der Waals surface area contributed by atoms with Gasteiger partial charge in [-0.05, 0) is 103 Å². The first-order valence-corrected chi connectivity index (χ1v) is 19.3. The molecule has 0 radical (unpaired) electrons. The lowest BCUT2D eigenvalue weighted by Gasteiger charge is -2.09. The van der Waals surface area contributed by atoms with Gasteiger partial charge in [-0.15, -0.1) is 4.20 Å². The van der Waals surface area contributed by atoms with Crippen LogP contribution in [0.15, 0.2) is 97.2 Å². The SMILES string of the molecule is CCCCC/C=C\C/C=C\C/C=C\C/C=C\CCCCOP(=O)(F)OCCCC/C=C\C/C=C\C/C=C\C/C=C\CCCCC. The van der Waals surface area contributed by atoms with Crippen LogP contribution in [0.3, 0.4) is 0 Å². The number of unbranched alkanes of at least 4 members (excludes halogenated alkanes) is 10. The van der Waals surface area contributed by atoms with Gasteiger partial charge in [0, 0.05) is 0 Å². The topological polar surface area (TPSA) is 35.5 Å². The summed E-state index contributed by atoms with van der Waals surface area (Å²) in [6.07, 6.45) is 56.0. The highest BCUT2D eigenvalue weighted by Gasteiger charge is 2.22. The van der Waals surface area contributed by atoms with Crippen molar-refractivity contribution >= 4 is 7.91 Å². The Morgan fingerprint density at radius 3 is 0.911 bits per heavy atom. The van der Waals surface area contributed by atoms with Gasteiger partial charge in [-0.2, -0.15) is 0 Å². The Balaban J connectivity index is 3.60. The van der Waals surface area contributed by atoms with Crippen LogP contribution in [0.2, 0.25) is 0 Å². The van der Waals surface area contributed by atoms with Crippen LogP contribution in [-0.4, -0.2) is 13.2 Å². The lowest BCUT2D eigenvalue weighted by atomic mass is 10.2. The summed E-state index contributed by atoms with van der Waals surface area (Å²) in [5.41, 5.74) is 0. The molecule has 0 heterocycles. The van der Waals surface area contributed by atoms with Gasteiger partial charge in [-0.1, -0.05) is 137 Å². The zero-order valence-electron chi connectivity index (χ0n) is 28.8. The van der Waals surface area contributed by atoms with Crippen LogP contribution in [0.4, 0.5) is 4.20 Å². The number of rotatable bonds is 32. The van der Waals surface area contributed by atoms with Crippen molar-refractivity contribution in [3.05, 3.63) is 97.2 Å². The Morgan fingerprint density at radius 1 is 0.400 bits per heavy atom. The lowest BCUT2D eigenvalue weighted by molar-refractivity contribution is 0.170. The van der Waals surface area contributed by atoms with Crippen LogP contribution < -0.4 is 0 Å². The zero-order chi connectivity index (χ0) is 32.8. The van der Waals surface area contributed by atoms with Crippen LogP contribution in [0, 0.1) is 0 Å². The Kier molecular flexibility index (Phi) is 34.8. The quantitative estimate of drug-likeness (QED) is 0.0415. The average molecular weight is 645 g/mol. The summed E-state index contributed by atoms with van der Waals surface area (Å²) in [6, 6.07) is 0. The largest absolute Gasteiger partial charge is 0.513 e. The summed E-state index contributed by atoms with van der Waals surface area (Å²) in [4.78, 5) is 0. The maximum atomic E-state index is 14.0. The first kappa shape index (κ1) is 43.0. The molecule has 45 heavy (non-hydrogen) atoms. The van der Waals surface area contributed by atoms with Crippen molar-refractivity contribution in [2.45, 2.75) is 142 Å². The highest BCUT2D eigenvalue weighted by Crippen LogP contribution is 2.50. The molecule has 0 bridgehead atoms. The predicted octanol–water partition coefficient (Wildman–Crippen LogP) is 14.4. The molecule has 0 aromatic heterocycles. The number of halogens is 1. The molecule has 0 atom stereocenters. The van der Waals surface area contributed by atoms with Crippen molar-refractivity contribution in [1.82, 2.24) is 0 Å². The van der Waals surface area contributed by atoms with E-state index < -0.39 is 7.91 Å². The summed E-state index contributed by atoms with van der Waals surface area (Å²) < 4.78 is 35.6. The van der Waals surface area contributed by atoms with Gasteiger partial charge in [0.2, 0.25) is 0 Å². The Hall–Kier alpha value is -2.00. The fourth-order valence-electron chi connectivity index (χ4n) is 4.23. The highest BCUT2D eigenvalue weighted by molar-refractivity contribution is 7.48. The van der Waals surface area contributed by atoms with Crippen LogP contribution >= 0.6 is 7.91 Å². The van der Waals surface area contributed by atoms with E-state index in [1.807, 2.05) is 0 Å². The maximum absolute atomic E-state index is 14.0. The molecule has 0 aliphatic carbocycles. The molecule has 0 spiro atoms. The minimum atomic E-state index is -4.45. The molecule has 0 aromatic carbocycles. The summed E-state index contributed by atoms with van der Waals surface area (Å²) in [5.74, 6) is 0. The van der Waals surface area contributed by atoms with Gasteiger partial charge in [-0.3, -0.25) is 9.05 Å². The van der Waals surface area contributed by atoms with Crippen molar-refractivity contribution in [2.75, 3.05) is 13.2 Å². The van der Waals surface area contributed by atoms with E-state index in [2.05, 4.69) is 111 Å². The molecule has 0 rings (SSSR count). The van der Waals surface area contributed by atoms with Gasteiger partial charge in [0.05, 0.1) is 13.2 Å². The third-order valence-electron chi connectivity index (χ3n) is 6.94. The third-order valence-corrected chi connectivity index (χ3v) is 7.92. The summed E-state index contributed by atoms with van der Waals surface area (Å²) in [5, 5.41) is 0. The lowest BCUT2D eigenvalue weighted by Crippen LogP contribution is -1.96. The average Bonchev–Trinajstić information content (AvgIpc) is 3.03. The van der Waals surface area contributed by atoms with E-state index in [0.29, 0.717) is 12.8 Å². The number of hydrogen-bond acceptors (Lipinski definition) is 3. The molecule has 3 nitrogen and oxygen atoms in total. The highest BCUT2D eigenvalue weighted by atomic mass is 31.2. The van der Waals surface area contributed by atoms with Crippen LogP contribution in [-0.2, 0) is 13.6 Å². The van der Waals surface area contributed by atoms with Gasteiger partial charge in [-0.25, -0.2) is 4.57 Å². The van der Waals surface area contributed by atoms with Crippen molar-refractivity contribution in [1.29, 1.82) is 0 Å². The van der Waals surface area contributed by atoms with Gasteiger partial charge < -0.3 is 0 Å². The van der Waals surface area contributed by atoms with E-state index in [-0.39, 0.29) is 13.2 Å². The minimum Gasteiger partial charge on any atom is -0.284 e. The maximum Gasteiger partial charge on any atom is 0.513 e. The summed E-state index contributed by atoms with van der Waals surface area (Å²) in [6.45, 7) is 4.70. The van der Waals surface area contributed by atoms with Crippen molar-refractivity contribution in [3.8, 4) is 0 Å². The number of hydrogen-bond donors (Lipinski definition) is 0. The molecule has 5 heteroatoms. The fourth-order valence-corrected chi connectivity index (χ4v) is 5.00. The Bertz CT molecular complexity index is 841. The van der Waals surface area contributed by atoms with Crippen molar-refractivity contribution in [2.24, 2.45) is 0 Å². The Morgan fingerprint density at radius 2 is 0.644 bits per heavy atom. The van der Waals surface area contributed by atoms with Crippen molar-refractivity contribution < 1.29 is 17.8 Å². The van der Waals surface area contributed by atoms with Gasteiger partial charge >= 0.3 is 7.91 Å². The van der Waals surface area contributed by atoms with Gasteiger partial charge in [0.1, 0.15) is 0 Å². The molecule has 0 aromatic rings. The van der Waals surface area contributed by atoms with E-state index in [1.165, 1.54) is 51.4 Å². The van der Waals surface area contributed by atoms with Crippen molar-refractivity contribution in [3.63, 3.8) is 0 Å². The summed E-state index contributed by atoms with van der Waals surface area (Å²) in [7, 11) is -4.45. The first-order valence-electron chi connectivity index (χ1n) is 17.9. The van der Waals surface area contributed by atoms with Crippen LogP contribution in [0.1, 0.15) is 142 Å². The molecule has 0 saturated heterocycles. The number of allylic oxidation sites excluding steroid dienone is 16. The monoisotopic (exact) mass is 644 g/mol. The molecule has 0 saturated carbocycles. The molecule has 0 fully saturated rings. The standard InChI is InChI=1S/C40H66FO3P/c1-3-5-7-9-11-13-15-17-19-21-23-25-27-29-31-33-35-37-39-43-45(41,42)44-40-38-36-34-32-30-28-26-24-22-20-18-16-14-12-10-8-6-4-2/h11-14,17-20,23-26,29-32H,3-10,15-16,21-22,27-28,33-40H2,1-2H3/b13-11-,14-12-,19-17-,20-18-,25-23-,26-24-,31-29-,32-30-. The first-order chi connectivity index (χ1) is 22.1. The second kappa shape index (κ2) is 36.5. The molecule has 0 aliphatic heterocycles. The fraction of sp³-hybridized carbons (Fsp3) is 0.600. The molecule has 0 unspecified atom stereocenters. The molecular weight excluding hydrogens is 578 g/mol. The normalized spacial score (nSPS) is 13.4. The molecular formula is C40H66FO3P. The van der Waals surface area contributed by atoms with Gasteiger partial charge in [0.15, 0.2) is 0 Å². The van der Waals surface area contributed by atoms with E-state index in [9.17, 15) is 8.76 Å². The van der Waals surface area contributed by atoms with Crippen LogP contribution in [0.25, 0.3) is 0 Å². The van der Waals surface area contributed by atoms with E-state index >= 15 is 0 Å². The summed E-state index contributed by atoms with van der Waals surface area (Å²) >= 11 is 0. The second-order valence-corrected chi connectivity index (χ2v) is 12.6. The van der Waals surface area contributed by atoms with E-state index in [4.69, 9.17) is 9.05 Å². The molecule has 256 valence electrons. The van der Waals surface area contributed by atoms with Gasteiger partial charge in [0.25, 0.3) is 0 Å². The Labute approximate surface area is 277 Å².